The van der Waals surface area contributed by atoms with Crippen molar-refractivity contribution in [2.75, 3.05) is 13.2 Å². The molecule has 0 unspecified atom stereocenters. The van der Waals surface area contributed by atoms with Crippen LogP contribution >= 0.6 is 7.60 Å². The molecule has 7 heteroatoms. The Balaban J connectivity index is 0.000000292. The van der Waals surface area contributed by atoms with Crippen molar-refractivity contribution in [2.45, 2.75) is 13.8 Å². The van der Waals surface area contributed by atoms with Crippen molar-refractivity contribution in [1.29, 1.82) is 0 Å². The van der Waals surface area contributed by atoms with Crippen LogP contribution in [0.15, 0.2) is 16.9 Å². The van der Waals surface area contributed by atoms with E-state index in [0.717, 1.165) is 19.5 Å². The lowest BCUT2D eigenvalue weighted by Crippen LogP contribution is -2.02. The van der Waals surface area contributed by atoms with Crippen molar-refractivity contribution in [3.63, 3.8) is 0 Å². The molecule has 0 fully saturated rings. The molecular formula is C7H14NO5P. The minimum absolute atomic E-state index is 0.539. The number of rotatable bonds is 3. The summed E-state index contributed by atoms with van der Waals surface area (Å²) < 4.78 is 19.4. The summed E-state index contributed by atoms with van der Waals surface area (Å²) in [5, 5.41) is 0. The summed E-state index contributed by atoms with van der Waals surface area (Å²) in [5.74, 6) is 0. The average Bonchev–Trinajstić information content (AvgIpc) is 2.57. The van der Waals surface area contributed by atoms with Crippen LogP contribution in [0, 0.1) is 0 Å². The number of nitrogens with zero attached hydrogens (tertiary/aromatic N) is 1. The van der Waals surface area contributed by atoms with E-state index in [1.165, 1.54) is 6.20 Å². The van der Waals surface area contributed by atoms with Gasteiger partial charge >= 0.3 is 13.2 Å². The second kappa shape index (κ2) is 6.73. The molecule has 6 nitrogen and oxygen atoms in total. The fourth-order valence-corrected chi connectivity index (χ4v) is 0.979. The Morgan fingerprint density at radius 2 is 2.07 bits per heavy atom. The summed E-state index contributed by atoms with van der Waals surface area (Å²) in [6, 6.07) is 0. The average molecular weight is 223 g/mol. The summed E-state index contributed by atoms with van der Waals surface area (Å²) >= 11 is 0. The largest absolute Gasteiger partial charge is 0.439 e. The fraction of sp³-hybridized carbons (Fsp3) is 0.571. The lowest BCUT2D eigenvalue weighted by molar-refractivity contribution is 0.162. The molecule has 14 heavy (non-hydrogen) atoms. The van der Waals surface area contributed by atoms with E-state index in [1.807, 2.05) is 13.8 Å². The van der Waals surface area contributed by atoms with E-state index in [1.54, 1.807) is 0 Å². The molecule has 1 aromatic heterocycles. The van der Waals surface area contributed by atoms with Gasteiger partial charge in [0.15, 0.2) is 0 Å². The van der Waals surface area contributed by atoms with E-state index in [0.29, 0.717) is 0 Å². The van der Waals surface area contributed by atoms with Crippen molar-refractivity contribution >= 4 is 13.2 Å². The first-order valence-corrected chi connectivity index (χ1v) is 5.67. The van der Waals surface area contributed by atoms with E-state index in [4.69, 9.17) is 14.5 Å². The van der Waals surface area contributed by atoms with Crippen molar-refractivity contribution in [2.24, 2.45) is 0 Å². The van der Waals surface area contributed by atoms with Crippen LogP contribution in [0.2, 0.25) is 0 Å². The zero-order valence-corrected chi connectivity index (χ0v) is 8.98. The van der Waals surface area contributed by atoms with E-state index in [2.05, 4.69) is 9.40 Å². The van der Waals surface area contributed by atoms with Gasteiger partial charge in [-0.15, -0.1) is 0 Å². The predicted molar refractivity (Wildman–Crippen MR) is 50.3 cm³/mol. The number of hydrogen-bond donors (Lipinski definition) is 2. The molecule has 0 spiro atoms. The van der Waals surface area contributed by atoms with Crippen LogP contribution < -0.4 is 5.63 Å². The Hall–Kier alpha value is -0.680. The molecule has 1 heterocycles. The van der Waals surface area contributed by atoms with Gasteiger partial charge in [0.2, 0.25) is 0 Å². The van der Waals surface area contributed by atoms with Crippen LogP contribution in [0.3, 0.4) is 0 Å². The van der Waals surface area contributed by atoms with Crippen molar-refractivity contribution in [3.05, 3.63) is 12.5 Å². The minimum atomic E-state index is -4.25. The normalized spacial score (nSPS) is 10.6. The molecule has 0 aliphatic carbocycles. The van der Waals surface area contributed by atoms with Crippen LogP contribution in [0.5, 0.6) is 0 Å². The number of hydrogen-bond acceptors (Lipinski definition) is 4. The monoisotopic (exact) mass is 223 g/mol. The van der Waals surface area contributed by atoms with E-state index in [9.17, 15) is 4.57 Å². The Kier molecular flexibility index (Phi) is 6.40. The van der Waals surface area contributed by atoms with Crippen molar-refractivity contribution in [1.82, 2.24) is 4.98 Å². The summed E-state index contributed by atoms with van der Waals surface area (Å²) in [6.07, 6.45) is 2.28. The van der Waals surface area contributed by atoms with Gasteiger partial charge in [0.05, 0.1) is 6.20 Å². The SMILES string of the molecule is CCOCC.O=P(O)(O)c1ncco1. The molecule has 0 amide bonds. The highest BCUT2D eigenvalue weighted by Gasteiger charge is 2.21. The maximum Gasteiger partial charge on any atom is 0.410 e. The van der Waals surface area contributed by atoms with Gasteiger partial charge < -0.3 is 18.9 Å². The van der Waals surface area contributed by atoms with E-state index < -0.39 is 13.2 Å². The van der Waals surface area contributed by atoms with Gasteiger partial charge in [-0.25, -0.2) is 9.55 Å². The lowest BCUT2D eigenvalue weighted by Gasteiger charge is -1.93. The van der Waals surface area contributed by atoms with Gasteiger partial charge in [0.1, 0.15) is 6.26 Å². The van der Waals surface area contributed by atoms with Gasteiger partial charge in [-0.1, -0.05) is 0 Å². The third kappa shape index (κ3) is 5.88. The highest BCUT2D eigenvalue weighted by molar-refractivity contribution is 7.59. The molecule has 82 valence electrons. The van der Waals surface area contributed by atoms with Gasteiger partial charge in [-0.05, 0) is 13.8 Å². The molecule has 0 saturated carbocycles. The first-order valence-electron chi connectivity index (χ1n) is 4.05. The van der Waals surface area contributed by atoms with Crippen molar-refractivity contribution in [3.8, 4) is 0 Å². The summed E-state index contributed by atoms with van der Waals surface area (Å²) in [7, 11) is -4.25. The molecule has 2 N–H and O–H groups in total. The maximum absolute atomic E-state index is 10.2. The van der Waals surface area contributed by atoms with Crippen LogP contribution in [-0.2, 0) is 9.30 Å². The van der Waals surface area contributed by atoms with E-state index >= 15 is 0 Å². The zero-order valence-electron chi connectivity index (χ0n) is 8.08. The number of oxazole rings is 1. The van der Waals surface area contributed by atoms with Gasteiger partial charge in [-0.3, -0.25) is 0 Å². The molecule has 0 atom stereocenters. The molecule has 0 aliphatic rings. The molecule has 0 aliphatic heterocycles. The smallest absolute Gasteiger partial charge is 0.410 e. The third-order valence-corrected chi connectivity index (χ3v) is 1.80. The Labute approximate surface area is 82.1 Å². The minimum Gasteiger partial charge on any atom is -0.439 e. The van der Waals surface area contributed by atoms with Gasteiger partial charge in [0.25, 0.3) is 0 Å². The van der Waals surface area contributed by atoms with Crippen LogP contribution in [0.1, 0.15) is 13.8 Å². The second-order valence-corrected chi connectivity index (χ2v) is 3.61. The molecule has 0 aromatic carbocycles. The van der Waals surface area contributed by atoms with Gasteiger partial charge in [0, 0.05) is 13.2 Å². The molecule has 0 bridgehead atoms. The zero-order chi connectivity index (χ0) is 11.0. The van der Waals surface area contributed by atoms with Crippen LogP contribution in [0.4, 0.5) is 0 Å². The summed E-state index contributed by atoms with van der Waals surface area (Å²) in [4.78, 5) is 19.9. The second-order valence-electron chi connectivity index (χ2n) is 2.14. The molecule has 0 saturated heterocycles. The van der Waals surface area contributed by atoms with Gasteiger partial charge in [-0.2, -0.15) is 0 Å². The topological polar surface area (TPSA) is 92.8 Å². The molecule has 1 rings (SSSR count). The lowest BCUT2D eigenvalue weighted by atomic mass is 10.8. The Morgan fingerprint density at radius 3 is 2.21 bits per heavy atom. The van der Waals surface area contributed by atoms with E-state index in [-0.39, 0.29) is 0 Å². The standard InChI is InChI=1S/C4H10O.C3H4NO4P/c1-3-5-4-2;5-9(6,7)3-4-1-2-8-3/h3-4H2,1-2H3;1-2H,(H2,5,6,7). The Morgan fingerprint density at radius 1 is 1.50 bits per heavy atom. The molecular weight excluding hydrogens is 209 g/mol. The maximum atomic E-state index is 10.2. The predicted octanol–water partition coefficient (Wildman–Crippen LogP) is 0.520. The number of aromatic nitrogens is 1. The van der Waals surface area contributed by atoms with Crippen LogP contribution in [0.25, 0.3) is 0 Å². The fourth-order valence-electron chi connectivity index (χ4n) is 0.564. The number of ether oxygens (including phenoxy) is 1. The van der Waals surface area contributed by atoms with Crippen LogP contribution in [-0.4, -0.2) is 28.0 Å². The quantitative estimate of drug-likeness (QED) is 0.725. The first kappa shape index (κ1) is 13.3. The highest BCUT2D eigenvalue weighted by Crippen LogP contribution is 2.31. The third-order valence-electron chi connectivity index (χ3n) is 1.08. The Bertz CT molecular complexity index is 266. The summed E-state index contributed by atoms with van der Waals surface area (Å²) in [6.45, 7) is 5.67. The summed E-state index contributed by atoms with van der Waals surface area (Å²) in [5.41, 5.74) is -0.539. The first-order chi connectivity index (χ1) is 6.52. The highest BCUT2D eigenvalue weighted by atomic mass is 31.2. The molecule has 1 aromatic rings. The van der Waals surface area contributed by atoms with Crippen molar-refractivity contribution < 1.29 is 23.5 Å². The molecule has 0 radical (unpaired) electrons.